The lowest BCUT2D eigenvalue weighted by atomic mass is 10.00. The van der Waals surface area contributed by atoms with E-state index in [0.717, 1.165) is 11.1 Å². The minimum atomic E-state index is -0.449. The molecule has 0 aliphatic rings. The van der Waals surface area contributed by atoms with Gasteiger partial charge < -0.3 is 5.32 Å². The highest BCUT2D eigenvalue weighted by Crippen LogP contribution is 2.21. The molecule has 120 valence electrons. The van der Waals surface area contributed by atoms with E-state index in [1.165, 1.54) is 17.7 Å². The lowest BCUT2D eigenvalue weighted by Crippen LogP contribution is -2.27. The first-order valence-electron chi connectivity index (χ1n) is 7.42. The van der Waals surface area contributed by atoms with Gasteiger partial charge in [-0.2, -0.15) is 0 Å². The van der Waals surface area contributed by atoms with Crippen LogP contribution in [0.2, 0.25) is 0 Å². The highest BCUT2D eigenvalue weighted by atomic mass is 16.6. The standard InChI is InChI=1S/C18H20N2O3/c1-11-5-7-16(12(2)9-11)14(4)19-18(21)15-6-8-17(20(22)23)13(3)10-15/h5-10,14H,1-4H3,(H,19,21). The summed E-state index contributed by atoms with van der Waals surface area (Å²) in [6.45, 7) is 7.59. The maximum atomic E-state index is 12.4. The van der Waals surface area contributed by atoms with E-state index in [2.05, 4.69) is 11.4 Å². The van der Waals surface area contributed by atoms with Crippen molar-refractivity contribution in [2.45, 2.75) is 33.7 Å². The van der Waals surface area contributed by atoms with Crippen molar-refractivity contribution in [3.8, 4) is 0 Å². The monoisotopic (exact) mass is 312 g/mol. The van der Waals surface area contributed by atoms with Gasteiger partial charge in [-0.1, -0.05) is 23.8 Å². The molecule has 0 aliphatic heterocycles. The van der Waals surface area contributed by atoms with E-state index in [4.69, 9.17) is 0 Å². The zero-order valence-corrected chi connectivity index (χ0v) is 13.7. The Hall–Kier alpha value is -2.69. The van der Waals surface area contributed by atoms with Crippen LogP contribution in [0.5, 0.6) is 0 Å². The maximum Gasteiger partial charge on any atom is 0.272 e. The second-order valence-electron chi connectivity index (χ2n) is 5.81. The van der Waals surface area contributed by atoms with Crippen LogP contribution in [0.4, 0.5) is 5.69 Å². The number of nitrogens with zero attached hydrogens (tertiary/aromatic N) is 1. The normalized spacial score (nSPS) is 11.8. The van der Waals surface area contributed by atoms with Crippen molar-refractivity contribution in [1.29, 1.82) is 0 Å². The van der Waals surface area contributed by atoms with E-state index in [-0.39, 0.29) is 17.6 Å². The van der Waals surface area contributed by atoms with Gasteiger partial charge in [0.15, 0.2) is 0 Å². The van der Waals surface area contributed by atoms with Crippen molar-refractivity contribution in [1.82, 2.24) is 5.32 Å². The zero-order chi connectivity index (χ0) is 17.1. The molecule has 0 aliphatic carbocycles. The number of nitro groups is 1. The number of benzene rings is 2. The Kier molecular flexibility index (Phi) is 4.79. The predicted molar refractivity (Wildman–Crippen MR) is 89.6 cm³/mol. The van der Waals surface area contributed by atoms with E-state index in [9.17, 15) is 14.9 Å². The Morgan fingerprint density at radius 1 is 1.09 bits per heavy atom. The van der Waals surface area contributed by atoms with Gasteiger partial charge in [-0.25, -0.2) is 0 Å². The lowest BCUT2D eigenvalue weighted by Gasteiger charge is -2.17. The molecule has 0 saturated carbocycles. The third-order valence-electron chi connectivity index (χ3n) is 3.90. The summed E-state index contributed by atoms with van der Waals surface area (Å²) in [7, 11) is 0. The number of aryl methyl sites for hydroxylation is 3. The van der Waals surface area contributed by atoms with E-state index in [1.54, 1.807) is 13.0 Å². The molecule has 1 atom stereocenters. The van der Waals surface area contributed by atoms with Crippen LogP contribution in [-0.2, 0) is 0 Å². The Morgan fingerprint density at radius 3 is 2.35 bits per heavy atom. The number of hydrogen-bond acceptors (Lipinski definition) is 3. The average molecular weight is 312 g/mol. The summed E-state index contributed by atoms with van der Waals surface area (Å²) in [5.74, 6) is -0.240. The molecular weight excluding hydrogens is 292 g/mol. The van der Waals surface area contributed by atoms with Crippen molar-refractivity contribution in [2.24, 2.45) is 0 Å². The molecular formula is C18H20N2O3. The van der Waals surface area contributed by atoms with Crippen LogP contribution in [0.1, 0.15) is 45.6 Å². The predicted octanol–water partition coefficient (Wildman–Crippen LogP) is 4.01. The third kappa shape index (κ3) is 3.74. The van der Waals surface area contributed by atoms with Crippen LogP contribution in [0.15, 0.2) is 36.4 Å². The second-order valence-corrected chi connectivity index (χ2v) is 5.81. The van der Waals surface area contributed by atoms with Crippen molar-refractivity contribution in [3.05, 3.63) is 74.3 Å². The molecule has 2 rings (SSSR count). The molecule has 1 N–H and O–H groups in total. The van der Waals surface area contributed by atoms with Crippen molar-refractivity contribution < 1.29 is 9.72 Å². The van der Waals surface area contributed by atoms with Crippen molar-refractivity contribution in [2.75, 3.05) is 0 Å². The van der Waals surface area contributed by atoms with Gasteiger partial charge in [0.2, 0.25) is 0 Å². The van der Waals surface area contributed by atoms with Crippen LogP contribution in [0, 0.1) is 30.9 Å². The summed E-state index contributed by atoms with van der Waals surface area (Å²) >= 11 is 0. The summed E-state index contributed by atoms with van der Waals surface area (Å²) in [5, 5.41) is 13.8. The van der Waals surface area contributed by atoms with Crippen LogP contribution in [0.25, 0.3) is 0 Å². The number of carbonyl (C=O) groups excluding carboxylic acids is 1. The Morgan fingerprint density at radius 2 is 1.78 bits per heavy atom. The van der Waals surface area contributed by atoms with Gasteiger partial charge in [0.1, 0.15) is 0 Å². The minimum Gasteiger partial charge on any atom is -0.346 e. The minimum absolute atomic E-state index is 0.0176. The summed E-state index contributed by atoms with van der Waals surface area (Å²) in [5.41, 5.74) is 4.27. The van der Waals surface area contributed by atoms with E-state index < -0.39 is 4.92 Å². The summed E-state index contributed by atoms with van der Waals surface area (Å²) in [6, 6.07) is 10.4. The van der Waals surface area contributed by atoms with Gasteiger partial charge in [0, 0.05) is 17.2 Å². The molecule has 0 aromatic heterocycles. The van der Waals surface area contributed by atoms with Gasteiger partial charge in [0.05, 0.1) is 11.0 Å². The molecule has 0 fully saturated rings. The molecule has 0 bridgehead atoms. The van der Waals surface area contributed by atoms with Crippen molar-refractivity contribution in [3.63, 3.8) is 0 Å². The zero-order valence-electron chi connectivity index (χ0n) is 13.7. The lowest BCUT2D eigenvalue weighted by molar-refractivity contribution is -0.385. The molecule has 5 nitrogen and oxygen atoms in total. The van der Waals surface area contributed by atoms with Crippen LogP contribution in [0.3, 0.4) is 0 Å². The fourth-order valence-electron chi connectivity index (χ4n) is 2.67. The topological polar surface area (TPSA) is 72.2 Å². The van der Waals surface area contributed by atoms with E-state index in [1.807, 2.05) is 32.9 Å². The van der Waals surface area contributed by atoms with Gasteiger partial charge in [0.25, 0.3) is 11.6 Å². The van der Waals surface area contributed by atoms with Gasteiger partial charge >= 0.3 is 0 Å². The smallest absolute Gasteiger partial charge is 0.272 e. The van der Waals surface area contributed by atoms with Gasteiger partial charge in [-0.3, -0.25) is 14.9 Å². The molecule has 2 aromatic rings. The third-order valence-corrected chi connectivity index (χ3v) is 3.90. The first-order chi connectivity index (χ1) is 10.8. The fourth-order valence-corrected chi connectivity index (χ4v) is 2.67. The van der Waals surface area contributed by atoms with Crippen LogP contribution in [-0.4, -0.2) is 10.8 Å². The highest BCUT2D eigenvalue weighted by molar-refractivity contribution is 5.95. The molecule has 0 spiro atoms. The summed E-state index contributed by atoms with van der Waals surface area (Å²) < 4.78 is 0. The molecule has 1 amide bonds. The van der Waals surface area contributed by atoms with Gasteiger partial charge in [-0.05, 0) is 51.0 Å². The Balaban J connectivity index is 2.18. The number of hydrogen-bond donors (Lipinski definition) is 1. The quantitative estimate of drug-likeness (QED) is 0.685. The van der Waals surface area contributed by atoms with E-state index >= 15 is 0 Å². The molecule has 0 radical (unpaired) electrons. The number of amides is 1. The number of nitro benzene ring substituents is 1. The average Bonchev–Trinajstić information content (AvgIpc) is 2.46. The number of nitrogens with one attached hydrogen (secondary N) is 1. The molecule has 0 saturated heterocycles. The second kappa shape index (κ2) is 6.60. The number of rotatable bonds is 4. The van der Waals surface area contributed by atoms with Crippen LogP contribution >= 0.6 is 0 Å². The molecule has 0 heterocycles. The van der Waals surface area contributed by atoms with E-state index in [0.29, 0.717) is 11.1 Å². The summed E-state index contributed by atoms with van der Waals surface area (Å²) in [6.07, 6.45) is 0. The van der Waals surface area contributed by atoms with Gasteiger partial charge in [-0.15, -0.1) is 0 Å². The Bertz CT molecular complexity index is 769. The fraction of sp³-hybridized carbons (Fsp3) is 0.278. The highest BCUT2D eigenvalue weighted by Gasteiger charge is 2.16. The SMILES string of the molecule is Cc1ccc(C(C)NC(=O)c2ccc([N+](=O)[O-])c(C)c2)c(C)c1. The first kappa shape index (κ1) is 16.7. The maximum absolute atomic E-state index is 12.4. The summed E-state index contributed by atoms with van der Waals surface area (Å²) in [4.78, 5) is 22.7. The molecule has 23 heavy (non-hydrogen) atoms. The molecule has 2 aromatic carbocycles. The largest absolute Gasteiger partial charge is 0.346 e. The molecule has 1 unspecified atom stereocenters. The Labute approximate surface area is 135 Å². The van der Waals surface area contributed by atoms with Crippen LogP contribution < -0.4 is 5.32 Å². The first-order valence-corrected chi connectivity index (χ1v) is 7.42. The molecule has 5 heteroatoms. The number of carbonyl (C=O) groups is 1. The van der Waals surface area contributed by atoms with Crippen molar-refractivity contribution >= 4 is 11.6 Å².